The molecular formula is C39H66O14. The minimum Gasteiger partial charge on any atom is -0.394 e. The summed E-state index contributed by atoms with van der Waals surface area (Å²) in [7, 11) is 1.39. The zero-order chi connectivity index (χ0) is 38.8. The van der Waals surface area contributed by atoms with Crippen molar-refractivity contribution in [2.24, 2.45) is 40.4 Å². The van der Waals surface area contributed by atoms with Gasteiger partial charge in [0.25, 0.3) is 0 Å². The number of aliphatic hydroxyl groups is 9. The lowest BCUT2D eigenvalue weighted by atomic mass is 9.41. The predicted octanol–water partition coefficient (Wildman–Crippen LogP) is 0.359. The summed E-state index contributed by atoms with van der Waals surface area (Å²) in [5, 5.41) is 98.3. The van der Waals surface area contributed by atoms with E-state index < -0.39 is 103 Å². The van der Waals surface area contributed by atoms with Gasteiger partial charge in [0.2, 0.25) is 0 Å². The SMILES string of the molecule is CO[C@H]1[C@H](O[C@H]2CC[C@@]3(C)C([C@H](O)C[C@]4(O)C3CC[C@@]3(C)C4[C@@H](O)C[C@@H]3[C@H](C)CC/C(C)=C(/C)CO[C@@H]3O[C@@H](CO)[C@H](O)[C@H]3O)[C@H]2O)OC[C@@H](O)[C@@H]1O. The number of rotatable bonds is 11. The first kappa shape index (κ1) is 41.8. The molecule has 0 aromatic rings. The van der Waals surface area contributed by atoms with Gasteiger partial charge < -0.3 is 69.6 Å². The van der Waals surface area contributed by atoms with Gasteiger partial charge in [0.1, 0.15) is 36.6 Å². The minimum atomic E-state index is -1.33. The first-order chi connectivity index (χ1) is 24.9. The van der Waals surface area contributed by atoms with Crippen LogP contribution in [0.4, 0.5) is 0 Å². The van der Waals surface area contributed by atoms with Crippen LogP contribution in [-0.2, 0) is 23.7 Å². The summed E-state index contributed by atoms with van der Waals surface area (Å²) in [6.07, 6.45) is -7.42. The van der Waals surface area contributed by atoms with Crippen LogP contribution in [0.15, 0.2) is 11.1 Å². The molecule has 306 valence electrons. The Kier molecular flexibility index (Phi) is 12.5. The number of methoxy groups -OCH3 is 1. The van der Waals surface area contributed by atoms with Gasteiger partial charge in [-0.1, -0.05) is 26.3 Å². The summed E-state index contributed by atoms with van der Waals surface area (Å²) < 4.78 is 28.4. The lowest BCUT2D eigenvalue weighted by Crippen LogP contribution is -2.71. The quantitative estimate of drug-likeness (QED) is 0.102. The summed E-state index contributed by atoms with van der Waals surface area (Å²) in [5.74, 6) is -0.900. The maximum absolute atomic E-state index is 12.8. The van der Waals surface area contributed by atoms with Gasteiger partial charge in [-0.05, 0) is 93.0 Å². The van der Waals surface area contributed by atoms with Crippen LogP contribution in [0.25, 0.3) is 0 Å². The van der Waals surface area contributed by atoms with E-state index >= 15 is 0 Å². The number of fused-ring (bicyclic) bond motifs is 5. The Labute approximate surface area is 313 Å². The topological polar surface area (TPSA) is 228 Å². The van der Waals surface area contributed by atoms with Crippen molar-refractivity contribution in [3.05, 3.63) is 11.1 Å². The Morgan fingerprint density at radius 1 is 0.849 bits per heavy atom. The molecule has 3 unspecified atom stereocenters. The molecule has 53 heavy (non-hydrogen) atoms. The number of hydrogen-bond acceptors (Lipinski definition) is 14. The van der Waals surface area contributed by atoms with E-state index in [9.17, 15) is 46.0 Å². The summed E-state index contributed by atoms with van der Waals surface area (Å²) in [6.45, 7) is 10.1. The first-order valence-corrected chi connectivity index (χ1v) is 19.7. The van der Waals surface area contributed by atoms with E-state index in [1.165, 1.54) is 7.11 Å². The molecule has 0 amide bonds. The van der Waals surface area contributed by atoms with E-state index in [2.05, 4.69) is 20.8 Å². The molecule has 6 aliphatic rings. The van der Waals surface area contributed by atoms with E-state index in [0.29, 0.717) is 25.7 Å². The van der Waals surface area contributed by atoms with Crippen LogP contribution in [0.1, 0.15) is 86.0 Å². The van der Waals surface area contributed by atoms with Crippen molar-refractivity contribution < 1.29 is 69.6 Å². The Bertz CT molecular complexity index is 1300. The van der Waals surface area contributed by atoms with Crippen LogP contribution in [-0.4, -0.2) is 152 Å². The second kappa shape index (κ2) is 15.8. The Morgan fingerprint density at radius 2 is 1.55 bits per heavy atom. The average Bonchev–Trinajstić information content (AvgIpc) is 3.55. The largest absolute Gasteiger partial charge is 0.394 e. The molecule has 4 saturated carbocycles. The highest BCUT2D eigenvalue weighted by Gasteiger charge is 2.72. The molecule has 9 N–H and O–H groups in total. The van der Waals surface area contributed by atoms with E-state index in [4.69, 9.17) is 23.7 Å². The van der Waals surface area contributed by atoms with Crippen molar-refractivity contribution in [1.82, 2.24) is 0 Å². The molecular weight excluding hydrogens is 692 g/mol. The van der Waals surface area contributed by atoms with E-state index in [1.807, 2.05) is 13.8 Å². The maximum atomic E-state index is 12.8. The molecule has 20 atom stereocenters. The van der Waals surface area contributed by atoms with Gasteiger partial charge in [-0.25, -0.2) is 0 Å². The molecule has 0 aromatic carbocycles. The number of hydrogen-bond donors (Lipinski definition) is 9. The second-order valence-electron chi connectivity index (χ2n) is 18.0. The Balaban J connectivity index is 1.11. The molecule has 0 radical (unpaired) electrons. The van der Waals surface area contributed by atoms with Crippen LogP contribution in [0.2, 0.25) is 0 Å². The zero-order valence-corrected chi connectivity index (χ0v) is 32.2. The molecule has 0 spiro atoms. The van der Waals surface area contributed by atoms with Gasteiger partial charge in [0.05, 0.1) is 49.8 Å². The van der Waals surface area contributed by atoms with E-state index in [1.54, 1.807) is 0 Å². The van der Waals surface area contributed by atoms with Crippen molar-refractivity contribution in [3.8, 4) is 0 Å². The standard InChI is InChI=1S/C39H66O14/c1-18(20(3)16-50-35-32(47)31(46)26(15-40)53-35)7-8-19(2)21-13-22(41)34-37(21,4)12-10-27-38(5)11-9-25(30(45)28(38)23(42)14-39(27,34)48)52-36-33(49-6)29(44)24(43)17-51-36/h19,21-36,40-48H,7-17H2,1-6H3/b20-18-/t19-,21-,22+,23-,24-,25+,26+,27?,28?,29+,30+,31+,32-,33-,34?,35-,36+,37-,38-,39+/m1/s1. The number of aliphatic hydroxyl groups excluding tert-OH is 8. The third kappa shape index (κ3) is 7.19. The predicted molar refractivity (Wildman–Crippen MR) is 189 cm³/mol. The van der Waals surface area contributed by atoms with Crippen molar-refractivity contribution >= 4 is 0 Å². The molecule has 0 aromatic heterocycles. The molecule has 4 aliphatic carbocycles. The van der Waals surface area contributed by atoms with Crippen LogP contribution in [0.5, 0.6) is 0 Å². The van der Waals surface area contributed by atoms with Gasteiger partial charge in [0.15, 0.2) is 12.6 Å². The highest BCUT2D eigenvalue weighted by molar-refractivity contribution is 5.21. The lowest BCUT2D eigenvalue weighted by Gasteiger charge is -2.66. The second-order valence-corrected chi connectivity index (χ2v) is 18.0. The Hall–Kier alpha value is -0.820. The molecule has 14 nitrogen and oxygen atoms in total. The Morgan fingerprint density at radius 3 is 2.21 bits per heavy atom. The first-order valence-electron chi connectivity index (χ1n) is 19.7. The maximum Gasteiger partial charge on any atom is 0.187 e. The van der Waals surface area contributed by atoms with Crippen molar-refractivity contribution in [1.29, 1.82) is 0 Å². The zero-order valence-electron chi connectivity index (χ0n) is 32.2. The fourth-order valence-electron chi connectivity index (χ4n) is 12.1. The monoisotopic (exact) mass is 758 g/mol. The molecule has 2 heterocycles. The van der Waals surface area contributed by atoms with Crippen molar-refractivity contribution in [2.45, 2.75) is 165 Å². The molecule has 0 bridgehead atoms. The smallest absolute Gasteiger partial charge is 0.187 e. The third-order valence-electron chi connectivity index (χ3n) is 15.1. The molecule has 2 aliphatic heterocycles. The van der Waals surface area contributed by atoms with Crippen LogP contribution < -0.4 is 0 Å². The van der Waals surface area contributed by atoms with Gasteiger partial charge in [0, 0.05) is 25.4 Å². The summed E-state index contributed by atoms with van der Waals surface area (Å²) >= 11 is 0. The molecule has 6 rings (SSSR count). The average molecular weight is 759 g/mol. The normalized spacial score (nSPS) is 52.4. The summed E-state index contributed by atoms with van der Waals surface area (Å²) in [4.78, 5) is 0. The van der Waals surface area contributed by atoms with E-state index in [-0.39, 0.29) is 42.8 Å². The molecule has 2 saturated heterocycles. The third-order valence-corrected chi connectivity index (χ3v) is 15.1. The van der Waals surface area contributed by atoms with Crippen LogP contribution >= 0.6 is 0 Å². The lowest BCUT2D eigenvalue weighted by molar-refractivity contribution is -0.320. The van der Waals surface area contributed by atoms with Gasteiger partial charge >= 0.3 is 0 Å². The molecule has 6 fully saturated rings. The summed E-state index contributed by atoms with van der Waals surface area (Å²) in [5.41, 5.74) is -0.187. The summed E-state index contributed by atoms with van der Waals surface area (Å²) in [6, 6.07) is 0. The van der Waals surface area contributed by atoms with Crippen molar-refractivity contribution in [2.75, 3.05) is 26.9 Å². The molecule has 14 heteroatoms. The highest BCUT2D eigenvalue weighted by atomic mass is 16.7. The van der Waals surface area contributed by atoms with Gasteiger partial charge in [-0.15, -0.1) is 0 Å². The highest BCUT2D eigenvalue weighted by Crippen LogP contribution is 2.70. The van der Waals surface area contributed by atoms with Gasteiger partial charge in [-0.2, -0.15) is 0 Å². The van der Waals surface area contributed by atoms with E-state index in [0.717, 1.165) is 30.4 Å². The van der Waals surface area contributed by atoms with Gasteiger partial charge in [-0.3, -0.25) is 0 Å². The number of allylic oxidation sites excluding steroid dienone is 1. The number of ether oxygens (including phenoxy) is 5. The fraction of sp³-hybridized carbons (Fsp3) is 0.949. The van der Waals surface area contributed by atoms with Crippen LogP contribution in [0.3, 0.4) is 0 Å². The van der Waals surface area contributed by atoms with Crippen LogP contribution in [0, 0.1) is 40.4 Å². The minimum absolute atomic E-state index is 0.0438. The fourth-order valence-corrected chi connectivity index (χ4v) is 12.1. The van der Waals surface area contributed by atoms with Crippen molar-refractivity contribution in [3.63, 3.8) is 0 Å².